The predicted molar refractivity (Wildman–Crippen MR) is 131 cm³/mol. The summed E-state index contributed by atoms with van der Waals surface area (Å²) in [5.41, 5.74) is 1.82. The fraction of sp³-hybridized carbons (Fsp3) is 0.862. The summed E-state index contributed by atoms with van der Waals surface area (Å²) in [5.74, 6) is 4.23. The molecule has 0 aromatic heterocycles. The van der Waals surface area contributed by atoms with Crippen molar-refractivity contribution in [1.82, 2.24) is 0 Å². The van der Waals surface area contributed by atoms with Crippen LogP contribution in [0.1, 0.15) is 92.9 Å². The topological polar surface area (TPSA) is 49.7 Å². The van der Waals surface area contributed by atoms with E-state index in [9.17, 15) is 10.4 Å². The first-order valence-electron chi connectivity index (χ1n) is 13.5. The van der Waals surface area contributed by atoms with E-state index < -0.39 is 0 Å². The van der Waals surface area contributed by atoms with E-state index in [1.54, 1.807) is 0 Å². The second-order valence-corrected chi connectivity index (χ2v) is 12.7. The molecule has 4 rings (SSSR count). The maximum Gasteiger partial charge on any atom is 0.114 e. The molecule has 3 saturated carbocycles. The van der Waals surface area contributed by atoms with Gasteiger partial charge in [0.15, 0.2) is 0 Å². The molecule has 3 nitrogen and oxygen atoms in total. The van der Waals surface area contributed by atoms with Crippen LogP contribution in [0.5, 0.6) is 0 Å². The van der Waals surface area contributed by atoms with Gasteiger partial charge in [0.1, 0.15) is 6.10 Å². The Morgan fingerprint density at radius 3 is 2.47 bits per heavy atom. The van der Waals surface area contributed by atoms with E-state index in [2.05, 4.69) is 59.8 Å². The molecule has 0 unspecified atom stereocenters. The molecule has 182 valence electrons. The lowest BCUT2D eigenvalue weighted by molar-refractivity contribution is -0.296. The molecule has 0 aromatic rings. The number of rotatable bonds is 6. The van der Waals surface area contributed by atoms with Gasteiger partial charge in [-0.3, -0.25) is 5.26 Å². The molecular weight excluding hydrogens is 396 g/mol. The molecule has 3 fully saturated rings. The lowest BCUT2D eigenvalue weighted by Gasteiger charge is -2.59. The van der Waals surface area contributed by atoms with Crippen molar-refractivity contribution in [3.05, 3.63) is 23.8 Å². The quantitative estimate of drug-likeness (QED) is 0.257. The van der Waals surface area contributed by atoms with Gasteiger partial charge in [0.05, 0.1) is 6.10 Å². The Labute approximate surface area is 196 Å². The number of hydrogen-bond acceptors (Lipinski definition) is 3. The number of allylic oxidation sites excluding steroid dienone is 2. The maximum atomic E-state index is 10.3. The average Bonchev–Trinajstić information content (AvgIpc) is 3.11. The van der Waals surface area contributed by atoms with Gasteiger partial charge in [-0.05, 0) is 104 Å². The first-order valence-corrected chi connectivity index (χ1v) is 13.5. The molecule has 0 aliphatic heterocycles. The highest BCUT2D eigenvalue weighted by Crippen LogP contribution is 2.67. The normalized spacial score (nSPS) is 45.8. The van der Waals surface area contributed by atoms with Crippen LogP contribution in [0, 0.1) is 52.3 Å². The molecule has 0 bridgehead atoms. The minimum Gasteiger partial charge on any atom is -0.393 e. The molecular formula is C29H48O3. The van der Waals surface area contributed by atoms with Crippen molar-refractivity contribution in [2.24, 2.45) is 52.3 Å². The Hall–Kier alpha value is -0.640. The number of fused-ring (bicyclic) bond motifs is 5. The molecule has 0 spiro atoms. The van der Waals surface area contributed by atoms with E-state index in [4.69, 9.17) is 4.89 Å². The van der Waals surface area contributed by atoms with Crippen LogP contribution in [-0.2, 0) is 4.89 Å². The Bertz CT molecular complexity index is 726. The zero-order valence-corrected chi connectivity index (χ0v) is 21.4. The Morgan fingerprint density at radius 2 is 1.81 bits per heavy atom. The van der Waals surface area contributed by atoms with E-state index in [-0.39, 0.29) is 17.6 Å². The number of aliphatic hydroxyl groups excluding tert-OH is 1. The fourth-order valence-corrected chi connectivity index (χ4v) is 8.89. The van der Waals surface area contributed by atoms with Crippen LogP contribution in [0.25, 0.3) is 0 Å². The third-order valence-electron chi connectivity index (χ3n) is 10.9. The molecule has 3 heteroatoms. The molecule has 10 atom stereocenters. The van der Waals surface area contributed by atoms with Gasteiger partial charge < -0.3 is 5.11 Å². The summed E-state index contributed by atoms with van der Waals surface area (Å²) in [5, 5.41) is 20.3. The first-order chi connectivity index (χ1) is 15.2. The standard InChI is InChI=1S/C29H48O3/c1-7-20(18(2)3)9-8-19(4)23-10-11-24-27-25(13-15-29(23,24)6)28(5)14-12-22(30)16-21(28)17-26(27)32-31/h8-9,17-20,22-27,30-31H,7,10-16H2,1-6H3/b9-8+/t19-,20-,22+,23-,24+,25+,26-,27+,28+,29-/m1/s1. The predicted octanol–water partition coefficient (Wildman–Crippen LogP) is 7.27. The highest BCUT2D eigenvalue weighted by atomic mass is 17.1. The average molecular weight is 445 g/mol. The Kier molecular flexibility index (Phi) is 7.03. The number of aliphatic hydroxyl groups is 1. The van der Waals surface area contributed by atoms with Crippen LogP contribution in [-0.4, -0.2) is 22.6 Å². The summed E-state index contributed by atoms with van der Waals surface area (Å²) in [6.07, 6.45) is 15.8. The molecule has 0 amide bonds. The summed E-state index contributed by atoms with van der Waals surface area (Å²) in [6, 6.07) is 0. The van der Waals surface area contributed by atoms with Crippen LogP contribution in [0.15, 0.2) is 23.8 Å². The van der Waals surface area contributed by atoms with Gasteiger partial charge in [-0.2, -0.15) is 0 Å². The van der Waals surface area contributed by atoms with Crippen molar-refractivity contribution in [3.63, 3.8) is 0 Å². The first kappa shape index (κ1) is 24.5. The summed E-state index contributed by atoms with van der Waals surface area (Å²) < 4.78 is 0. The second-order valence-electron chi connectivity index (χ2n) is 12.7. The lowest BCUT2D eigenvalue weighted by atomic mass is 9.46. The van der Waals surface area contributed by atoms with Crippen LogP contribution in [0.2, 0.25) is 0 Å². The summed E-state index contributed by atoms with van der Waals surface area (Å²) in [7, 11) is 0. The van der Waals surface area contributed by atoms with E-state index in [0.29, 0.717) is 46.8 Å². The molecule has 32 heavy (non-hydrogen) atoms. The van der Waals surface area contributed by atoms with Crippen molar-refractivity contribution in [2.75, 3.05) is 0 Å². The van der Waals surface area contributed by atoms with Crippen molar-refractivity contribution in [2.45, 2.75) is 105 Å². The zero-order valence-electron chi connectivity index (χ0n) is 21.4. The van der Waals surface area contributed by atoms with E-state index in [1.165, 1.54) is 37.7 Å². The molecule has 0 heterocycles. The lowest BCUT2D eigenvalue weighted by Crippen LogP contribution is -2.55. The Balaban J connectivity index is 1.59. The second kappa shape index (κ2) is 9.19. The summed E-state index contributed by atoms with van der Waals surface area (Å²) in [4.78, 5) is 5.19. The van der Waals surface area contributed by atoms with Crippen LogP contribution in [0.4, 0.5) is 0 Å². The van der Waals surface area contributed by atoms with Gasteiger partial charge in [-0.25, -0.2) is 4.89 Å². The monoisotopic (exact) mass is 444 g/mol. The van der Waals surface area contributed by atoms with Gasteiger partial charge >= 0.3 is 0 Å². The van der Waals surface area contributed by atoms with E-state index in [0.717, 1.165) is 19.3 Å². The maximum absolute atomic E-state index is 10.3. The van der Waals surface area contributed by atoms with Crippen LogP contribution in [0.3, 0.4) is 0 Å². The molecule has 4 aliphatic rings. The minimum atomic E-state index is -0.236. The summed E-state index contributed by atoms with van der Waals surface area (Å²) in [6.45, 7) is 14.4. The van der Waals surface area contributed by atoms with Gasteiger partial charge in [0.25, 0.3) is 0 Å². The third-order valence-corrected chi connectivity index (χ3v) is 10.9. The van der Waals surface area contributed by atoms with Crippen molar-refractivity contribution < 1.29 is 15.3 Å². The zero-order chi connectivity index (χ0) is 23.3. The smallest absolute Gasteiger partial charge is 0.114 e. The third kappa shape index (κ3) is 3.95. The molecule has 0 radical (unpaired) electrons. The number of hydrogen-bond donors (Lipinski definition) is 2. The molecule has 0 aromatic carbocycles. The molecule has 0 saturated heterocycles. The van der Waals surface area contributed by atoms with Gasteiger partial charge in [0.2, 0.25) is 0 Å². The molecule has 2 N–H and O–H groups in total. The minimum absolute atomic E-state index is 0.162. The van der Waals surface area contributed by atoms with E-state index >= 15 is 0 Å². The highest BCUT2D eigenvalue weighted by molar-refractivity contribution is 5.28. The van der Waals surface area contributed by atoms with Crippen LogP contribution >= 0.6 is 0 Å². The van der Waals surface area contributed by atoms with Crippen LogP contribution < -0.4 is 0 Å². The van der Waals surface area contributed by atoms with E-state index in [1.807, 2.05) is 0 Å². The Morgan fingerprint density at radius 1 is 1.06 bits per heavy atom. The largest absolute Gasteiger partial charge is 0.393 e. The highest BCUT2D eigenvalue weighted by Gasteiger charge is 2.61. The summed E-state index contributed by atoms with van der Waals surface area (Å²) >= 11 is 0. The van der Waals surface area contributed by atoms with Gasteiger partial charge in [-0.15, -0.1) is 0 Å². The fourth-order valence-electron chi connectivity index (χ4n) is 8.89. The SMILES string of the molecule is CC[C@H](/C=C/[C@@H](C)[C@H]1CC[C@H]2[C@@H]3[C@H](OO)C=C4C[C@@H](O)CC[C@]4(C)[C@H]3CC[C@]12C)C(C)C. The molecule has 4 aliphatic carbocycles. The van der Waals surface area contributed by atoms with Crippen molar-refractivity contribution in [3.8, 4) is 0 Å². The van der Waals surface area contributed by atoms with Crippen molar-refractivity contribution in [1.29, 1.82) is 0 Å². The van der Waals surface area contributed by atoms with Gasteiger partial charge in [-0.1, -0.05) is 65.3 Å². The van der Waals surface area contributed by atoms with Crippen molar-refractivity contribution >= 4 is 0 Å². The van der Waals surface area contributed by atoms with Gasteiger partial charge in [0, 0.05) is 0 Å².